The lowest BCUT2D eigenvalue weighted by Crippen LogP contribution is -2.35. The number of carbonyl (C=O) groups is 1. The Bertz CT molecular complexity index is 377. The molecule has 0 bridgehead atoms. The van der Waals surface area contributed by atoms with E-state index in [1.165, 1.54) is 0 Å². The van der Waals surface area contributed by atoms with Gasteiger partial charge in [0.1, 0.15) is 0 Å². The molecule has 0 aliphatic rings. The number of hydrogen-bond acceptors (Lipinski definition) is 1. The van der Waals surface area contributed by atoms with Gasteiger partial charge in [-0.3, -0.25) is 4.79 Å². The van der Waals surface area contributed by atoms with Crippen LogP contribution in [0.4, 0.5) is 0 Å². The Morgan fingerprint density at radius 1 is 1.56 bits per heavy atom. The standard InChI is InChI=1S/C12H15BrClNO/c1-3-9(7-14)15-12(16)10-6-4-5-8(2)11(10)13/h4-6,9H,3,7H2,1-2H3,(H,15,16). The van der Waals surface area contributed by atoms with Crippen molar-refractivity contribution in [1.82, 2.24) is 5.32 Å². The third-order valence-corrected chi connectivity index (χ3v) is 3.88. The minimum absolute atomic E-state index is 0.0292. The molecule has 0 heterocycles. The van der Waals surface area contributed by atoms with E-state index in [1.807, 2.05) is 26.0 Å². The molecule has 1 unspecified atom stereocenters. The van der Waals surface area contributed by atoms with E-state index in [0.717, 1.165) is 16.5 Å². The van der Waals surface area contributed by atoms with Gasteiger partial charge in [0.2, 0.25) is 0 Å². The molecule has 1 aromatic carbocycles. The van der Waals surface area contributed by atoms with Gasteiger partial charge in [-0.15, -0.1) is 11.6 Å². The molecule has 88 valence electrons. The monoisotopic (exact) mass is 303 g/mol. The number of aryl methyl sites for hydroxylation is 1. The van der Waals surface area contributed by atoms with Crippen LogP contribution in [0, 0.1) is 6.92 Å². The number of amides is 1. The van der Waals surface area contributed by atoms with Crippen molar-refractivity contribution in [2.24, 2.45) is 0 Å². The predicted octanol–water partition coefficient (Wildman–Crippen LogP) is 3.50. The predicted molar refractivity (Wildman–Crippen MR) is 71.1 cm³/mol. The molecule has 0 saturated heterocycles. The number of rotatable bonds is 4. The number of hydrogen-bond donors (Lipinski definition) is 1. The zero-order chi connectivity index (χ0) is 12.1. The quantitative estimate of drug-likeness (QED) is 0.848. The van der Waals surface area contributed by atoms with E-state index in [9.17, 15) is 4.79 Å². The van der Waals surface area contributed by atoms with E-state index in [0.29, 0.717) is 11.4 Å². The van der Waals surface area contributed by atoms with Gasteiger partial charge < -0.3 is 5.32 Å². The summed E-state index contributed by atoms with van der Waals surface area (Å²) < 4.78 is 0.844. The van der Waals surface area contributed by atoms with Crippen molar-refractivity contribution < 1.29 is 4.79 Å². The van der Waals surface area contributed by atoms with Gasteiger partial charge in [-0.05, 0) is 40.9 Å². The average molecular weight is 305 g/mol. The van der Waals surface area contributed by atoms with Gasteiger partial charge in [0.05, 0.1) is 5.56 Å². The highest BCUT2D eigenvalue weighted by Crippen LogP contribution is 2.21. The molecule has 1 aromatic rings. The largest absolute Gasteiger partial charge is 0.348 e. The van der Waals surface area contributed by atoms with Crippen molar-refractivity contribution in [3.8, 4) is 0 Å². The van der Waals surface area contributed by atoms with Crippen LogP contribution in [0.1, 0.15) is 29.3 Å². The van der Waals surface area contributed by atoms with Crippen molar-refractivity contribution in [2.45, 2.75) is 26.3 Å². The van der Waals surface area contributed by atoms with E-state index in [2.05, 4.69) is 21.2 Å². The van der Waals surface area contributed by atoms with Crippen LogP contribution in [0.15, 0.2) is 22.7 Å². The maximum Gasteiger partial charge on any atom is 0.252 e. The van der Waals surface area contributed by atoms with Gasteiger partial charge in [-0.1, -0.05) is 19.1 Å². The first-order chi connectivity index (χ1) is 7.60. The Morgan fingerprint density at radius 2 is 2.25 bits per heavy atom. The van der Waals surface area contributed by atoms with Crippen LogP contribution in [0.2, 0.25) is 0 Å². The zero-order valence-electron chi connectivity index (χ0n) is 9.39. The van der Waals surface area contributed by atoms with Crippen molar-refractivity contribution >= 4 is 33.4 Å². The van der Waals surface area contributed by atoms with Crippen molar-refractivity contribution in [2.75, 3.05) is 5.88 Å². The Balaban J connectivity index is 2.84. The molecule has 0 aliphatic heterocycles. The molecule has 0 radical (unpaired) electrons. The third kappa shape index (κ3) is 3.22. The van der Waals surface area contributed by atoms with Crippen LogP contribution in [-0.4, -0.2) is 17.8 Å². The molecule has 1 amide bonds. The van der Waals surface area contributed by atoms with Gasteiger partial charge in [-0.25, -0.2) is 0 Å². The minimum atomic E-state index is -0.0805. The molecule has 1 rings (SSSR count). The maximum absolute atomic E-state index is 11.9. The normalized spacial score (nSPS) is 12.2. The number of carbonyl (C=O) groups excluding carboxylic acids is 1. The second-order valence-corrected chi connectivity index (χ2v) is 4.77. The summed E-state index contributed by atoms with van der Waals surface area (Å²) in [6.45, 7) is 3.96. The first kappa shape index (κ1) is 13.5. The Morgan fingerprint density at radius 3 is 2.81 bits per heavy atom. The molecular weight excluding hydrogens is 289 g/mol. The lowest BCUT2D eigenvalue weighted by molar-refractivity contribution is 0.0939. The summed E-state index contributed by atoms with van der Waals surface area (Å²) in [6, 6.07) is 5.66. The Kier molecular flexibility index (Phi) is 5.29. The highest BCUT2D eigenvalue weighted by Gasteiger charge is 2.14. The highest BCUT2D eigenvalue weighted by molar-refractivity contribution is 9.10. The zero-order valence-corrected chi connectivity index (χ0v) is 11.7. The molecule has 0 saturated carbocycles. The number of benzene rings is 1. The summed E-state index contributed by atoms with van der Waals surface area (Å²) in [5.74, 6) is 0.356. The molecule has 16 heavy (non-hydrogen) atoms. The first-order valence-corrected chi connectivity index (χ1v) is 6.54. The molecule has 2 nitrogen and oxygen atoms in total. The van der Waals surface area contributed by atoms with Crippen molar-refractivity contribution in [3.63, 3.8) is 0 Å². The second kappa shape index (κ2) is 6.26. The lowest BCUT2D eigenvalue weighted by Gasteiger charge is -2.14. The van der Waals surface area contributed by atoms with E-state index >= 15 is 0 Å². The second-order valence-electron chi connectivity index (χ2n) is 3.67. The topological polar surface area (TPSA) is 29.1 Å². The fourth-order valence-corrected chi connectivity index (χ4v) is 2.08. The van der Waals surface area contributed by atoms with Crippen LogP contribution in [0.5, 0.6) is 0 Å². The SMILES string of the molecule is CCC(CCl)NC(=O)c1cccc(C)c1Br. The van der Waals surface area contributed by atoms with E-state index in [4.69, 9.17) is 11.6 Å². The van der Waals surface area contributed by atoms with Crippen LogP contribution >= 0.6 is 27.5 Å². The Labute approximate surface area is 110 Å². The third-order valence-electron chi connectivity index (χ3n) is 2.45. The highest BCUT2D eigenvalue weighted by atomic mass is 79.9. The molecule has 0 fully saturated rings. The summed E-state index contributed by atoms with van der Waals surface area (Å²) >= 11 is 9.16. The van der Waals surface area contributed by atoms with Gasteiger partial charge in [0, 0.05) is 16.4 Å². The minimum Gasteiger partial charge on any atom is -0.348 e. The van der Waals surface area contributed by atoms with E-state index in [-0.39, 0.29) is 11.9 Å². The van der Waals surface area contributed by atoms with Crippen LogP contribution in [-0.2, 0) is 0 Å². The summed E-state index contributed by atoms with van der Waals surface area (Å²) in [4.78, 5) is 11.9. The fraction of sp³-hybridized carbons (Fsp3) is 0.417. The first-order valence-electron chi connectivity index (χ1n) is 5.22. The van der Waals surface area contributed by atoms with Crippen molar-refractivity contribution in [1.29, 1.82) is 0 Å². The molecule has 1 atom stereocenters. The van der Waals surface area contributed by atoms with E-state index in [1.54, 1.807) is 6.07 Å². The van der Waals surface area contributed by atoms with Crippen LogP contribution in [0.3, 0.4) is 0 Å². The molecule has 1 N–H and O–H groups in total. The molecule has 4 heteroatoms. The summed E-state index contributed by atoms with van der Waals surface area (Å²) in [7, 11) is 0. The maximum atomic E-state index is 11.9. The smallest absolute Gasteiger partial charge is 0.252 e. The van der Waals surface area contributed by atoms with Gasteiger partial charge in [0.15, 0.2) is 0 Å². The van der Waals surface area contributed by atoms with E-state index < -0.39 is 0 Å². The fourth-order valence-electron chi connectivity index (χ4n) is 1.34. The molecular formula is C12H15BrClNO. The summed E-state index contributed by atoms with van der Waals surface area (Å²) in [5.41, 5.74) is 1.70. The number of halogens is 2. The van der Waals surface area contributed by atoms with Crippen molar-refractivity contribution in [3.05, 3.63) is 33.8 Å². The number of alkyl halides is 1. The van der Waals surface area contributed by atoms with Gasteiger partial charge in [0.25, 0.3) is 5.91 Å². The summed E-state index contributed by atoms with van der Waals surface area (Å²) in [5, 5.41) is 2.90. The molecule has 0 spiro atoms. The van der Waals surface area contributed by atoms with Gasteiger partial charge >= 0.3 is 0 Å². The molecule has 0 aliphatic carbocycles. The van der Waals surface area contributed by atoms with Crippen LogP contribution in [0.25, 0.3) is 0 Å². The average Bonchev–Trinajstić information content (AvgIpc) is 2.29. The number of nitrogens with one attached hydrogen (secondary N) is 1. The Hall–Kier alpha value is -0.540. The van der Waals surface area contributed by atoms with Gasteiger partial charge in [-0.2, -0.15) is 0 Å². The summed E-state index contributed by atoms with van der Waals surface area (Å²) in [6.07, 6.45) is 0.832. The van der Waals surface area contributed by atoms with Crippen LogP contribution < -0.4 is 5.32 Å². The molecule has 0 aromatic heterocycles. The lowest BCUT2D eigenvalue weighted by atomic mass is 10.1.